The molecule has 1 amide bonds. The van der Waals surface area contributed by atoms with Crippen LogP contribution in [0.4, 0.5) is 13.6 Å². The van der Waals surface area contributed by atoms with E-state index in [1.165, 1.54) is 6.07 Å². The quantitative estimate of drug-likeness (QED) is 0.779. The van der Waals surface area contributed by atoms with E-state index < -0.39 is 23.3 Å². The van der Waals surface area contributed by atoms with E-state index in [1.807, 2.05) is 32.3 Å². The summed E-state index contributed by atoms with van der Waals surface area (Å²) in [5, 5.41) is 0.287. The zero-order valence-corrected chi connectivity index (χ0v) is 14.6. The van der Waals surface area contributed by atoms with E-state index in [2.05, 4.69) is 0 Å². The first-order valence-electron chi connectivity index (χ1n) is 8.02. The largest absolute Gasteiger partial charge is 0.444 e. The second-order valence-corrected chi connectivity index (χ2v) is 7.44. The van der Waals surface area contributed by atoms with Crippen LogP contribution in [0.1, 0.15) is 39.2 Å². The third-order valence-corrected chi connectivity index (χ3v) is 4.60. The second-order valence-electron chi connectivity index (χ2n) is 7.44. The van der Waals surface area contributed by atoms with Crippen LogP contribution in [-0.4, -0.2) is 34.3 Å². The average molecular weight is 336 g/mol. The number of carbonyl (C=O) groups is 1. The van der Waals surface area contributed by atoms with Crippen LogP contribution in [0.2, 0.25) is 0 Å². The number of nitrogens with zero attached hydrogens (tertiary/aromatic N) is 2. The van der Waals surface area contributed by atoms with Gasteiger partial charge in [0.2, 0.25) is 0 Å². The lowest BCUT2D eigenvalue weighted by Gasteiger charge is -2.38. The maximum absolute atomic E-state index is 14.0. The molecule has 1 aromatic heterocycles. The van der Waals surface area contributed by atoms with Gasteiger partial charge in [-0.3, -0.25) is 0 Å². The number of likely N-dealkylation sites (N-methyl/N-ethyl adjacent to an activating group) is 1. The minimum atomic E-state index is -0.859. The zero-order chi connectivity index (χ0) is 17.8. The van der Waals surface area contributed by atoms with Crippen LogP contribution in [0.5, 0.6) is 0 Å². The summed E-state index contributed by atoms with van der Waals surface area (Å²) in [4.78, 5) is 13.9. The van der Waals surface area contributed by atoms with Gasteiger partial charge in [0.1, 0.15) is 5.60 Å². The van der Waals surface area contributed by atoms with Crippen molar-refractivity contribution in [3.63, 3.8) is 0 Å². The molecule has 3 rings (SSSR count). The van der Waals surface area contributed by atoms with E-state index in [9.17, 15) is 13.6 Å². The minimum Gasteiger partial charge on any atom is -0.444 e. The fraction of sp³-hybridized carbons (Fsp3) is 0.500. The molecule has 0 N–H and O–H groups in total. The van der Waals surface area contributed by atoms with Crippen LogP contribution in [0, 0.1) is 11.6 Å². The SMILES string of the molecule is CC1c2cc(F)c(F)c3ccn(c23)C[C@@H]1N(C)C(=O)OC(C)(C)C. The Bertz CT molecular complexity index is 807. The summed E-state index contributed by atoms with van der Waals surface area (Å²) < 4.78 is 35.2. The Morgan fingerprint density at radius 2 is 2.04 bits per heavy atom. The lowest BCUT2D eigenvalue weighted by molar-refractivity contribution is 0.0181. The number of amides is 1. The van der Waals surface area contributed by atoms with E-state index in [0.29, 0.717) is 17.6 Å². The van der Waals surface area contributed by atoms with Crippen molar-refractivity contribution in [1.82, 2.24) is 9.47 Å². The molecule has 2 atom stereocenters. The predicted octanol–water partition coefficient (Wildman–Crippen LogP) is 4.27. The highest BCUT2D eigenvalue weighted by atomic mass is 19.2. The Hall–Kier alpha value is -2.11. The van der Waals surface area contributed by atoms with Crippen molar-refractivity contribution in [3.05, 3.63) is 35.5 Å². The summed E-state index contributed by atoms with van der Waals surface area (Å²) in [5.41, 5.74) is 0.827. The monoisotopic (exact) mass is 336 g/mol. The first-order valence-corrected chi connectivity index (χ1v) is 8.02. The molecule has 0 saturated carbocycles. The van der Waals surface area contributed by atoms with E-state index in [1.54, 1.807) is 24.2 Å². The van der Waals surface area contributed by atoms with E-state index in [-0.39, 0.29) is 17.3 Å². The third-order valence-electron chi connectivity index (χ3n) is 4.60. The Morgan fingerprint density at radius 1 is 1.38 bits per heavy atom. The van der Waals surface area contributed by atoms with Gasteiger partial charge < -0.3 is 14.2 Å². The van der Waals surface area contributed by atoms with Crippen molar-refractivity contribution >= 4 is 17.0 Å². The molecule has 1 aliphatic rings. The molecule has 130 valence electrons. The molecule has 6 heteroatoms. The molecule has 2 heterocycles. The Kier molecular flexibility index (Phi) is 3.81. The van der Waals surface area contributed by atoms with Gasteiger partial charge in [0.25, 0.3) is 0 Å². The Balaban J connectivity index is 1.97. The Morgan fingerprint density at radius 3 is 2.67 bits per heavy atom. The predicted molar refractivity (Wildman–Crippen MR) is 88.1 cm³/mol. The van der Waals surface area contributed by atoms with Crippen LogP contribution in [-0.2, 0) is 11.3 Å². The van der Waals surface area contributed by atoms with Crippen LogP contribution in [0.3, 0.4) is 0 Å². The van der Waals surface area contributed by atoms with Gasteiger partial charge in [-0.2, -0.15) is 0 Å². The maximum atomic E-state index is 14.0. The van der Waals surface area contributed by atoms with Gasteiger partial charge in [-0.1, -0.05) is 6.92 Å². The number of aromatic nitrogens is 1. The van der Waals surface area contributed by atoms with Crippen molar-refractivity contribution in [1.29, 1.82) is 0 Å². The molecular formula is C18H22F2N2O2. The van der Waals surface area contributed by atoms with Crippen LogP contribution in [0.15, 0.2) is 18.3 Å². The highest BCUT2D eigenvalue weighted by Crippen LogP contribution is 2.38. The van der Waals surface area contributed by atoms with Gasteiger partial charge in [-0.05, 0) is 38.5 Å². The smallest absolute Gasteiger partial charge is 0.410 e. The topological polar surface area (TPSA) is 34.5 Å². The molecule has 0 bridgehead atoms. The fourth-order valence-corrected chi connectivity index (χ4v) is 3.36. The number of ether oxygens (including phenoxy) is 1. The summed E-state index contributed by atoms with van der Waals surface area (Å²) in [6.45, 7) is 7.87. The molecular weight excluding hydrogens is 314 g/mol. The molecule has 0 saturated heterocycles. The molecule has 24 heavy (non-hydrogen) atoms. The number of hydrogen-bond donors (Lipinski definition) is 0. The van der Waals surface area contributed by atoms with Gasteiger partial charge in [-0.25, -0.2) is 13.6 Å². The summed E-state index contributed by atoms with van der Waals surface area (Å²) in [6.07, 6.45) is 1.31. The van der Waals surface area contributed by atoms with Crippen molar-refractivity contribution in [2.45, 2.75) is 51.8 Å². The van der Waals surface area contributed by atoms with Gasteiger partial charge in [0.15, 0.2) is 11.6 Å². The number of benzene rings is 1. The van der Waals surface area contributed by atoms with Crippen LogP contribution < -0.4 is 0 Å². The van der Waals surface area contributed by atoms with Gasteiger partial charge in [0.05, 0.1) is 11.6 Å². The maximum Gasteiger partial charge on any atom is 0.410 e. The highest BCUT2D eigenvalue weighted by molar-refractivity contribution is 5.85. The fourth-order valence-electron chi connectivity index (χ4n) is 3.36. The molecule has 0 fully saturated rings. The zero-order valence-electron chi connectivity index (χ0n) is 14.6. The van der Waals surface area contributed by atoms with Crippen molar-refractivity contribution in [3.8, 4) is 0 Å². The standard InChI is InChI=1S/C18H22F2N2O2/c1-10-12-8-13(19)15(20)11-6-7-22(16(11)12)9-14(10)21(5)17(23)24-18(2,3)4/h6-8,10,14H,9H2,1-5H3/t10?,14-/m0/s1. The van der Waals surface area contributed by atoms with Crippen molar-refractivity contribution in [2.75, 3.05) is 7.05 Å². The highest BCUT2D eigenvalue weighted by Gasteiger charge is 2.35. The molecule has 1 aliphatic heterocycles. The van der Waals surface area contributed by atoms with Crippen molar-refractivity contribution in [2.24, 2.45) is 0 Å². The number of rotatable bonds is 1. The van der Waals surface area contributed by atoms with Gasteiger partial charge in [-0.15, -0.1) is 0 Å². The number of halogens is 2. The molecule has 1 unspecified atom stereocenters. The molecule has 0 spiro atoms. The second kappa shape index (κ2) is 5.46. The number of hydrogen-bond acceptors (Lipinski definition) is 2. The van der Waals surface area contributed by atoms with Crippen LogP contribution in [0.25, 0.3) is 10.9 Å². The first kappa shape index (κ1) is 16.7. The average Bonchev–Trinajstić information content (AvgIpc) is 2.89. The molecule has 4 nitrogen and oxygen atoms in total. The van der Waals surface area contributed by atoms with Gasteiger partial charge in [0, 0.05) is 31.1 Å². The normalized spacial score (nSPS) is 20.3. The van der Waals surface area contributed by atoms with E-state index in [4.69, 9.17) is 4.74 Å². The first-order chi connectivity index (χ1) is 11.1. The number of carbonyl (C=O) groups excluding carboxylic acids is 1. The van der Waals surface area contributed by atoms with E-state index in [0.717, 1.165) is 0 Å². The van der Waals surface area contributed by atoms with E-state index >= 15 is 0 Å². The summed E-state index contributed by atoms with van der Waals surface area (Å²) in [5.74, 6) is -1.82. The molecule has 0 radical (unpaired) electrons. The minimum absolute atomic E-state index is 0.137. The molecule has 1 aromatic carbocycles. The summed E-state index contributed by atoms with van der Waals surface area (Å²) in [6, 6.07) is 2.63. The van der Waals surface area contributed by atoms with Gasteiger partial charge >= 0.3 is 6.09 Å². The summed E-state index contributed by atoms with van der Waals surface area (Å²) >= 11 is 0. The Labute approximate surface area is 140 Å². The lowest BCUT2D eigenvalue weighted by atomic mass is 9.88. The lowest BCUT2D eigenvalue weighted by Crippen LogP contribution is -2.46. The van der Waals surface area contributed by atoms with Crippen molar-refractivity contribution < 1.29 is 18.3 Å². The van der Waals surface area contributed by atoms with Crippen LogP contribution >= 0.6 is 0 Å². The molecule has 2 aromatic rings. The molecule has 0 aliphatic carbocycles. The third kappa shape index (κ3) is 2.64. The summed E-state index contributed by atoms with van der Waals surface area (Å²) in [7, 11) is 1.68.